The van der Waals surface area contributed by atoms with E-state index in [-0.39, 0.29) is 32.3 Å². The first-order chi connectivity index (χ1) is 20.2. The maximum atomic E-state index is 12.0. The highest BCUT2D eigenvalue weighted by Crippen LogP contribution is 2.02. The molecule has 1 unspecified atom stereocenters. The molecular formula is C28H36N6O8. The molecule has 8 amide bonds. The lowest BCUT2D eigenvalue weighted by Gasteiger charge is -2.14. The Morgan fingerprint density at radius 1 is 0.643 bits per heavy atom. The van der Waals surface area contributed by atoms with Crippen molar-refractivity contribution in [1.29, 1.82) is 0 Å². The molecule has 0 saturated heterocycles. The molecule has 14 heteroatoms. The van der Waals surface area contributed by atoms with Gasteiger partial charge in [-0.15, -0.1) is 0 Å². The molecule has 1 atom stereocenters. The highest BCUT2D eigenvalue weighted by atomic mass is 16.6. The molecule has 0 aliphatic rings. The fraction of sp³-hybridized carbons (Fsp3) is 0.357. The summed E-state index contributed by atoms with van der Waals surface area (Å²) in [4.78, 5) is 70.7. The van der Waals surface area contributed by atoms with Crippen molar-refractivity contribution in [2.75, 3.05) is 19.6 Å². The largest absolute Gasteiger partial charge is 0.444 e. The second-order valence-corrected chi connectivity index (χ2v) is 9.05. The minimum absolute atomic E-state index is 0.00356. The van der Waals surface area contributed by atoms with Gasteiger partial charge in [-0.05, 0) is 37.3 Å². The molecule has 0 heterocycles. The van der Waals surface area contributed by atoms with Crippen LogP contribution in [-0.4, -0.2) is 61.7 Å². The van der Waals surface area contributed by atoms with Crippen molar-refractivity contribution in [3.63, 3.8) is 0 Å². The number of rotatable bonds is 14. The van der Waals surface area contributed by atoms with Gasteiger partial charge in [-0.2, -0.15) is 0 Å². The number of benzene rings is 2. The number of unbranched alkanes of at least 4 members (excludes halogenated alkanes) is 1. The fourth-order valence-electron chi connectivity index (χ4n) is 3.38. The van der Waals surface area contributed by atoms with Crippen LogP contribution in [0.3, 0.4) is 0 Å². The van der Waals surface area contributed by atoms with Gasteiger partial charge in [0.15, 0.2) is 0 Å². The highest BCUT2D eigenvalue weighted by molar-refractivity contribution is 5.93. The van der Waals surface area contributed by atoms with Gasteiger partial charge in [-0.25, -0.2) is 29.8 Å². The molecule has 0 aromatic heterocycles. The van der Waals surface area contributed by atoms with Crippen LogP contribution in [0, 0.1) is 0 Å². The minimum atomic E-state index is -0.935. The summed E-state index contributed by atoms with van der Waals surface area (Å²) in [7, 11) is 0. The summed E-state index contributed by atoms with van der Waals surface area (Å²) in [5, 5.41) is 13.9. The Kier molecular flexibility index (Phi) is 15.0. The first-order valence-corrected chi connectivity index (χ1v) is 13.3. The second-order valence-electron chi connectivity index (χ2n) is 9.05. The molecule has 2 aromatic carbocycles. The number of urea groups is 2. The molecule has 226 valence electrons. The van der Waals surface area contributed by atoms with Crippen LogP contribution in [0.15, 0.2) is 60.7 Å². The van der Waals surface area contributed by atoms with Gasteiger partial charge in [0, 0.05) is 12.6 Å². The number of ether oxygens (including phenoxy) is 2. The fourth-order valence-corrected chi connectivity index (χ4v) is 3.38. The summed E-state index contributed by atoms with van der Waals surface area (Å²) >= 11 is 0. The van der Waals surface area contributed by atoms with Gasteiger partial charge >= 0.3 is 24.2 Å². The molecule has 42 heavy (non-hydrogen) atoms. The van der Waals surface area contributed by atoms with Gasteiger partial charge in [-0.1, -0.05) is 60.7 Å². The van der Waals surface area contributed by atoms with Crippen molar-refractivity contribution in [2.45, 2.75) is 45.4 Å². The molecule has 2 aromatic rings. The van der Waals surface area contributed by atoms with E-state index in [0.717, 1.165) is 11.1 Å². The van der Waals surface area contributed by atoms with Crippen LogP contribution in [-0.2, 0) is 32.3 Å². The lowest BCUT2D eigenvalue weighted by molar-refractivity contribution is -0.121. The maximum absolute atomic E-state index is 12.0. The summed E-state index contributed by atoms with van der Waals surface area (Å²) in [6.45, 7) is 1.50. The minimum Gasteiger partial charge on any atom is -0.444 e. The van der Waals surface area contributed by atoms with Crippen molar-refractivity contribution < 1.29 is 38.2 Å². The zero-order valence-corrected chi connectivity index (χ0v) is 23.3. The van der Waals surface area contributed by atoms with E-state index in [1.54, 1.807) is 55.5 Å². The van der Waals surface area contributed by atoms with Gasteiger partial charge in [-0.3, -0.25) is 9.59 Å². The Labute approximate surface area is 243 Å². The average molecular weight is 585 g/mol. The SMILES string of the molecule is CC(CCCCNC(=O)CNC(=O)NC(=O)OCc1ccccc1)NC(=O)CNC(=O)NC(=O)OCc1ccccc1. The van der Waals surface area contributed by atoms with Crippen LogP contribution in [0.5, 0.6) is 0 Å². The van der Waals surface area contributed by atoms with Crippen LogP contribution >= 0.6 is 0 Å². The van der Waals surface area contributed by atoms with Crippen LogP contribution in [0.2, 0.25) is 0 Å². The molecule has 0 radical (unpaired) electrons. The molecule has 14 nitrogen and oxygen atoms in total. The molecule has 0 fully saturated rings. The number of hydrogen-bond donors (Lipinski definition) is 6. The number of nitrogens with one attached hydrogen (secondary N) is 6. The zero-order valence-electron chi connectivity index (χ0n) is 23.3. The van der Waals surface area contributed by atoms with Crippen LogP contribution in [0.4, 0.5) is 19.2 Å². The van der Waals surface area contributed by atoms with E-state index in [1.807, 2.05) is 22.8 Å². The van der Waals surface area contributed by atoms with Crippen molar-refractivity contribution in [3.8, 4) is 0 Å². The third-order valence-electron chi connectivity index (χ3n) is 5.47. The lowest BCUT2D eigenvalue weighted by Crippen LogP contribution is -2.45. The Bertz CT molecular complexity index is 1180. The smallest absolute Gasteiger partial charge is 0.415 e. The molecule has 6 N–H and O–H groups in total. The van der Waals surface area contributed by atoms with E-state index >= 15 is 0 Å². The molecule has 2 rings (SSSR count). The van der Waals surface area contributed by atoms with E-state index in [4.69, 9.17) is 9.47 Å². The van der Waals surface area contributed by atoms with Crippen LogP contribution < -0.4 is 31.9 Å². The average Bonchev–Trinajstić information content (AvgIpc) is 2.98. The third kappa shape index (κ3) is 15.5. The summed E-state index contributed by atoms with van der Waals surface area (Å²) < 4.78 is 9.86. The molecule has 0 aliphatic carbocycles. The number of imide groups is 2. The topological polar surface area (TPSA) is 193 Å². The predicted octanol–water partition coefficient (Wildman–Crippen LogP) is 2.05. The van der Waals surface area contributed by atoms with Crippen LogP contribution in [0.25, 0.3) is 0 Å². The number of alkyl carbamates (subject to hydrolysis) is 2. The van der Waals surface area contributed by atoms with Crippen LogP contribution in [0.1, 0.15) is 37.3 Å². The van der Waals surface area contributed by atoms with Gasteiger partial charge in [0.25, 0.3) is 0 Å². The lowest BCUT2D eigenvalue weighted by atomic mass is 10.1. The number of carbonyl (C=O) groups excluding carboxylic acids is 6. The second kappa shape index (κ2) is 19.0. The maximum Gasteiger partial charge on any atom is 0.415 e. The molecule has 0 bridgehead atoms. The molecule has 0 saturated carbocycles. The van der Waals surface area contributed by atoms with Gasteiger partial charge in [0.05, 0.1) is 13.1 Å². The standard InChI is InChI=1S/C28H36N6O8/c1-20(32-24(36)17-31-26(38)34-28(40)42-19-22-13-6-3-7-14-22)10-8-9-15-29-23(35)16-30-25(37)33-27(39)41-18-21-11-4-2-5-12-21/h2-7,11-14,20H,8-10,15-19H2,1H3,(H,29,35)(H,32,36)(H2,30,33,37,39)(H2,31,34,38,40). The van der Waals surface area contributed by atoms with Gasteiger partial charge in [0.2, 0.25) is 11.8 Å². The van der Waals surface area contributed by atoms with Gasteiger partial charge in [0.1, 0.15) is 13.2 Å². The molecule has 0 spiro atoms. The summed E-state index contributed by atoms with van der Waals surface area (Å²) in [6.07, 6.45) is 0.0530. The van der Waals surface area contributed by atoms with E-state index < -0.39 is 36.1 Å². The van der Waals surface area contributed by atoms with E-state index in [1.165, 1.54) is 0 Å². The Morgan fingerprint density at radius 3 is 1.62 bits per heavy atom. The Hall–Kier alpha value is -5.14. The highest BCUT2D eigenvalue weighted by Gasteiger charge is 2.13. The summed E-state index contributed by atoms with van der Waals surface area (Å²) in [5.74, 6) is -0.866. The first-order valence-electron chi connectivity index (χ1n) is 13.3. The predicted molar refractivity (Wildman–Crippen MR) is 151 cm³/mol. The normalized spacial score (nSPS) is 10.8. The van der Waals surface area contributed by atoms with Crippen molar-refractivity contribution >= 4 is 36.1 Å². The third-order valence-corrected chi connectivity index (χ3v) is 5.47. The summed E-state index contributed by atoms with van der Waals surface area (Å²) in [5.41, 5.74) is 1.53. The number of amides is 8. The van der Waals surface area contributed by atoms with Crippen molar-refractivity contribution in [3.05, 3.63) is 71.8 Å². The number of carbonyl (C=O) groups is 6. The van der Waals surface area contributed by atoms with Gasteiger partial charge < -0.3 is 30.7 Å². The van der Waals surface area contributed by atoms with Crippen molar-refractivity contribution in [1.82, 2.24) is 31.9 Å². The first kappa shape index (κ1) is 33.1. The Morgan fingerprint density at radius 2 is 1.12 bits per heavy atom. The van der Waals surface area contributed by atoms with E-state index in [2.05, 4.69) is 21.3 Å². The number of hydrogen-bond acceptors (Lipinski definition) is 8. The quantitative estimate of drug-likeness (QED) is 0.182. The Balaban J connectivity index is 1.45. The van der Waals surface area contributed by atoms with Crippen molar-refractivity contribution in [2.24, 2.45) is 0 Å². The van der Waals surface area contributed by atoms with E-state index in [0.29, 0.717) is 25.8 Å². The van der Waals surface area contributed by atoms with E-state index in [9.17, 15) is 28.8 Å². The monoisotopic (exact) mass is 584 g/mol. The molecule has 0 aliphatic heterocycles. The summed E-state index contributed by atoms with van der Waals surface area (Å²) in [6, 6.07) is 16.0. The zero-order chi connectivity index (χ0) is 30.6. The molecular weight excluding hydrogens is 548 g/mol.